The number of nitrogens with two attached hydrogens (primary N) is 1. The predicted octanol–water partition coefficient (Wildman–Crippen LogP) is 5.19. The lowest BCUT2D eigenvalue weighted by Gasteiger charge is -2.10. The second-order valence-corrected chi connectivity index (χ2v) is 5.66. The average Bonchev–Trinajstić information content (AvgIpc) is 2.29. The van der Waals surface area contributed by atoms with E-state index in [2.05, 4.69) is 37.2 Å². The van der Waals surface area contributed by atoms with Gasteiger partial charge in [0, 0.05) is 14.6 Å². The van der Waals surface area contributed by atoms with Gasteiger partial charge in [0.1, 0.15) is 0 Å². The van der Waals surface area contributed by atoms with Gasteiger partial charge in [0.25, 0.3) is 0 Å². The van der Waals surface area contributed by atoms with Gasteiger partial charge in [0.15, 0.2) is 0 Å². The van der Waals surface area contributed by atoms with Crippen molar-refractivity contribution < 1.29 is 0 Å². The molecule has 0 bridgehead atoms. The summed E-state index contributed by atoms with van der Waals surface area (Å²) >= 11 is 12.8. The number of rotatable bonds is 2. The van der Waals surface area contributed by atoms with Crippen molar-refractivity contribution in [3.63, 3.8) is 0 Å². The highest BCUT2D eigenvalue weighted by molar-refractivity contribution is 9.10. The van der Waals surface area contributed by atoms with Crippen molar-refractivity contribution in [3.05, 3.63) is 50.4 Å². The average molecular weight is 376 g/mol. The number of nitrogens with one attached hydrogen (secondary N) is 1. The Hall–Kier alpha value is -0.710. The molecule has 17 heavy (non-hydrogen) atoms. The summed E-state index contributed by atoms with van der Waals surface area (Å²) in [5, 5.41) is 3.88. The van der Waals surface area contributed by atoms with Crippen molar-refractivity contribution in [3.8, 4) is 0 Å². The third-order valence-corrected chi connectivity index (χ3v) is 3.94. The van der Waals surface area contributed by atoms with E-state index in [-0.39, 0.29) is 0 Å². The minimum atomic E-state index is 0.656. The number of hydrogen-bond acceptors (Lipinski definition) is 2. The van der Waals surface area contributed by atoms with Crippen LogP contribution in [0.15, 0.2) is 45.3 Å². The van der Waals surface area contributed by atoms with E-state index in [4.69, 9.17) is 17.3 Å². The lowest BCUT2D eigenvalue weighted by atomic mass is 10.2. The van der Waals surface area contributed by atoms with Crippen molar-refractivity contribution >= 4 is 60.5 Å². The first kappa shape index (κ1) is 12.7. The van der Waals surface area contributed by atoms with Gasteiger partial charge in [-0.2, -0.15) is 0 Å². The van der Waals surface area contributed by atoms with Gasteiger partial charge in [-0.05, 0) is 52.3 Å². The summed E-state index contributed by atoms with van der Waals surface area (Å²) in [6.45, 7) is 0. The summed E-state index contributed by atoms with van der Waals surface area (Å²) in [5.41, 5.74) is 8.30. The Morgan fingerprint density at radius 1 is 1.06 bits per heavy atom. The van der Waals surface area contributed by atoms with E-state index in [9.17, 15) is 0 Å². The van der Waals surface area contributed by atoms with Crippen LogP contribution in [0.5, 0.6) is 0 Å². The van der Waals surface area contributed by atoms with Gasteiger partial charge in [-0.15, -0.1) is 0 Å². The van der Waals surface area contributed by atoms with Gasteiger partial charge in [-0.25, -0.2) is 0 Å². The van der Waals surface area contributed by atoms with Crippen LogP contribution < -0.4 is 11.1 Å². The minimum Gasteiger partial charge on any atom is -0.397 e. The van der Waals surface area contributed by atoms with Crippen LogP contribution in [0.25, 0.3) is 0 Å². The maximum atomic E-state index is 6.02. The highest BCUT2D eigenvalue weighted by Crippen LogP contribution is 2.30. The first-order valence-corrected chi connectivity index (χ1v) is 6.80. The van der Waals surface area contributed by atoms with Gasteiger partial charge < -0.3 is 11.1 Å². The largest absolute Gasteiger partial charge is 0.397 e. The van der Waals surface area contributed by atoms with E-state index in [0.29, 0.717) is 10.7 Å². The fraction of sp³-hybridized carbons (Fsp3) is 0. The molecule has 0 aliphatic rings. The molecule has 0 atom stereocenters. The molecule has 0 saturated heterocycles. The summed E-state index contributed by atoms with van der Waals surface area (Å²) in [6.07, 6.45) is 0. The third kappa shape index (κ3) is 3.15. The Morgan fingerprint density at radius 3 is 2.53 bits per heavy atom. The van der Waals surface area contributed by atoms with Crippen molar-refractivity contribution in [2.24, 2.45) is 0 Å². The third-order valence-electron chi connectivity index (χ3n) is 2.21. The smallest absolute Gasteiger partial charge is 0.0629 e. The Bertz CT molecular complexity index is 558. The molecule has 2 aromatic rings. The fourth-order valence-corrected chi connectivity index (χ4v) is 2.15. The quantitative estimate of drug-likeness (QED) is 0.708. The van der Waals surface area contributed by atoms with Gasteiger partial charge in [0.05, 0.1) is 16.4 Å². The predicted molar refractivity (Wildman–Crippen MR) is 81.0 cm³/mol. The molecular formula is C12H9Br2ClN2. The molecule has 0 spiro atoms. The number of benzene rings is 2. The van der Waals surface area contributed by atoms with E-state index < -0.39 is 0 Å². The van der Waals surface area contributed by atoms with Crippen molar-refractivity contribution in [1.82, 2.24) is 0 Å². The molecule has 0 radical (unpaired) electrons. The minimum absolute atomic E-state index is 0.656. The number of hydrogen-bond donors (Lipinski definition) is 2. The van der Waals surface area contributed by atoms with Crippen LogP contribution in [-0.2, 0) is 0 Å². The van der Waals surface area contributed by atoms with E-state index in [1.54, 1.807) is 0 Å². The summed E-state index contributed by atoms with van der Waals surface area (Å²) < 4.78 is 1.84. The molecule has 3 N–H and O–H groups in total. The molecule has 88 valence electrons. The number of nitrogen functional groups attached to an aromatic ring is 1. The van der Waals surface area contributed by atoms with E-state index >= 15 is 0 Å². The lowest BCUT2D eigenvalue weighted by Crippen LogP contribution is -1.96. The topological polar surface area (TPSA) is 38.0 Å². The first-order chi connectivity index (χ1) is 8.06. The van der Waals surface area contributed by atoms with Crippen LogP contribution in [0.4, 0.5) is 17.1 Å². The van der Waals surface area contributed by atoms with Crippen LogP contribution >= 0.6 is 43.5 Å². The van der Waals surface area contributed by atoms with Crippen molar-refractivity contribution in [1.29, 1.82) is 0 Å². The van der Waals surface area contributed by atoms with E-state index in [1.165, 1.54) is 0 Å². The Morgan fingerprint density at radius 2 is 1.82 bits per heavy atom. The molecule has 0 heterocycles. The second kappa shape index (κ2) is 5.29. The molecule has 2 nitrogen and oxygen atoms in total. The molecule has 0 aliphatic heterocycles. The number of halogens is 3. The zero-order valence-electron chi connectivity index (χ0n) is 8.68. The van der Waals surface area contributed by atoms with Crippen LogP contribution in [0.2, 0.25) is 5.02 Å². The Kier molecular flexibility index (Phi) is 3.97. The van der Waals surface area contributed by atoms with Crippen molar-refractivity contribution in [2.75, 3.05) is 11.1 Å². The van der Waals surface area contributed by atoms with Crippen LogP contribution in [0.1, 0.15) is 0 Å². The summed E-state index contributed by atoms with van der Waals surface area (Å²) in [7, 11) is 0. The molecular weight excluding hydrogens is 367 g/mol. The maximum Gasteiger partial charge on any atom is 0.0629 e. The molecule has 0 saturated carbocycles. The highest BCUT2D eigenvalue weighted by atomic mass is 79.9. The molecule has 0 fully saturated rings. The molecule has 2 aromatic carbocycles. The SMILES string of the molecule is Nc1ccc(Br)cc1Nc1ccc(Br)c(Cl)c1. The van der Waals surface area contributed by atoms with Gasteiger partial charge in [0.2, 0.25) is 0 Å². The van der Waals surface area contributed by atoms with Crippen molar-refractivity contribution in [2.45, 2.75) is 0 Å². The molecule has 0 aliphatic carbocycles. The highest BCUT2D eigenvalue weighted by Gasteiger charge is 2.03. The zero-order valence-corrected chi connectivity index (χ0v) is 12.6. The van der Waals surface area contributed by atoms with E-state index in [0.717, 1.165) is 20.3 Å². The molecule has 0 amide bonds. The lowest BCUT2D eigenvalue weighted by molar-refractivity contribution is 1.52. The Labute approximate surface area is 121 Å². The molecule has 5 heteroatoms. The zero-order chi connectivity index (χ0) is 12.4. The summed E-state index contributed by atoms with van der Waals surface area (Å²) in [5.74, 6) is 0. The van der Waals surface area contributed by atoms with Crippen LogP contribution in [0, 0.1) is 0 Å². The monoisotopic (exact) mass is 374 g/mol. The number of anilines is 3. The maximum absolute atomic E-state index is 6.02. The van der Waals surface area contributed by atoms with Crippen LogP contribution in [0.3, 0.4) is 0 Å². The molecule has 2 rings (SSSR count). The summed E-state index contributed by atoms with van der Waals surface area (Å²) in [6, 6.07) is 11.3. The van der Waals surface area contributed by atoms with E-state index in [1.807, 2.05) is 36.4 Å². The van der Waals surface area contributed by atoms with Crippen LogP contribution in [-0.4, -0.2) is 0 Å². The summed E-state index contributed by atoms with van der Waals surface area (Å²) in [4.78, 5) is 0. The first-order valence-electron chi connectivity index (χ1n) is 4.83. The normalized spacial score (nSPS) is 10.3. The molecule has 0 aromatic heterocycles. The van der Waals surface area contributed by atoms with Gasteiger partial charge in [-0.3, -0.25) is 0 Å². The second-order valence-electron chi connectivity index (χ2n) is 3.49. The fourth-order valence-electron chi connectivity index (χ4n) is 1.37. The van der Waals surface area contributed by atoms with Gasteiger partial charge in [-0.1, -0.05) is 27.5 Å². The Balaban J connectivity index is 2.31. The standard InChI is InChI=1S/C12H9Br2ClN2/c13-7-1-4-11(16)12(5-7)17-8-2-3-9(14)10(15)6-8/h1-6,17H,16H2. The molecule has 0 unspecified atom stereocenters. The van der Waals surface area contributed by atoms with Gasteiger partial charge >= 0.3 is 0 Å².